The molecule has 0 aromatic carbocycles. The smallest absolute Gasteiger partial charge is 0.229 e. The lowest BCUT2D eigenvalue weighted by Gasteiger charge is -2.26. The van der Waals surface area contributed by atoms with E-state index >= 15 is 0 Å². The maximum Gasteiger partial charge on any atom is 0.229 e. The van der Waals surface area contributed by atoms with E-state index in [9.17, 15) is 4.79 Å². The lowest BCUT2D eigenvalue weighted by atomic mass is 9.86. The van der Waals surface area contributed by atoms with Crippen molar-refractivity contribution >= 4 is 23.1 Å². The van der Waals surface area contributed by atoms with Crippen molar-refractivity contribution in [2.24, 2.45) is 17.1 Å². The largest absolute Gasteiger partial charge is 0.393 e. The van der Waals surface area contributed by atoms with E-state index in [-0.39, 0.29) is 17.2 Å². The predicted molar refractivity (Wildman–Crippen MR) is 81.5 cm³/mol. The van der Waals surface area contributed by atoms with Gasteiger partial charge >= 0.3 is 0 Å². The standard InChI is InChI=1S/C14H28N2OS/c1-5-7-8-9-14(3,4)10-16-13(17)11(6-2)12(15)18/h11H,5-10H2,1-4H3,(H2,15,18)(H,16,17). The molecule has 0 saturated heterocycles. The molecule has 0 aliphatic heterocycles. The van der Waals surface area contributed by atoms with Crippen molar-refractivity contribution in [1.82, 2.24) is 5.32 Å². The van der Waals surface area contributed by atoms with Crippen LogP contribution in [0.3, 0.4) is 0 Å². The van der Waals surface area contributed by atoms with Crippen LogP contribution >= 0.6 is 12.2 Å². The Labute approximate surface area is 117 Å². The fraction of sp³-hybridized carbons (Fsp3) is 0.857. The molecule has 1 amide bonds. The summed E-state index contributed by atoms with van der Waals surface area (Å²) in [5.74, 6) is -0.361. The highest BCUT2D eigenvalue weighted by Gasteiger charge is 2.23. The van der Waals surface area contributed by atoms with E-state index in [0.717, 1.165) is 6.42 Å². The average molecular weight is 272 g/mol. The summed E-state index contributed by atoms with van der Waals surface area (Å²) in [5, 5.41) is 2.98. The summed E-state index contributed by atoms with van der Waals surface area (Å²) in [7, 11) is 0. The monoisotopic (exact) mass is 272 g/mol. The zero-order valence-electron chi connectivity index (χ0n) is 12.2. The van der Waals surface area contributed by atoms with Crippen LogP contribution < -0.4 is 11.1 Å². The zero-order valence-corrected chi connectivity index (χ0v) is 13.0. The van der Waals surface area contributed by atoms with E-state index in [1.165, 1.54) is 19.3 Å². The molecule has 106 valence electrons. The Kier molecular flexibility index (Phi) is 8.16. The van der Waals surface area contributed by atoms with Crippen molar-refractivity contribution in [2.45, 2.75) is 59.8 Å². The molecule has 3 nitrogen and oxygen atoms in total. The van der Waals surface area contributed by atoms with E-state index < -0.39 is 0 Å². The highest BCUT2D eigenvalue weighted by molar-refractivity contribution is 7.80. The lowest BCUT2D eigenvalue weighted by molar-refractivity contribution is -0.123. The minimum absolute atomic E-state index is 0.0337. The number of amides is 1. The number of unbranched alkanes of at least 4 members (excludes halogenated alkanes) is 2. The Morgan fingerprint density at radius 3 is 2.39 bits per heavy atom. The van der Waals surface area contributed by atoms with Crippen molar-refractivity contribution in [2.75, 3.05) is 6.54 Å². The Hall–Kier alpha value is -0.640. The van der Waals surface area contributed by atoms with E-state index in [4.69, 9.17) is 18.0 Å². The second-order valence-corrected chi connectivity index (χ2v) is 6.17. The minimum atomic E-state index is -0.327. The molecule has 0 aromatic rings. The molecule has 0 spiro atoms. The predicted octanol–water partition coefficient (Wildman–Crippen LogP) is 3.02. The van der Waals surface area contributed by atoms with Crippen LogP contribution in [0.5, 0.6) is 0 Å². The molecule has 0 aliphatic rings. The van der Waals surface area contributed by atoms with Gasteiger partial charge in [0.25, 0.3) is 0 Å². The van der Waals surface area contributed by atoms with Crippen molar-refractivity contribution < 1.29 is 4.79 Å². The van der Waals surface area contributed by atoms with Gasteiger partial charge in [-0.05, 0) is 18.3 Å². The number of carbonyl (C=O) groups excluding carboxylic acids is 1. The van der Waals surface area contributed by atoms with Crippen LogP contribution in [0.2, 0.25) is 0 Å². The lowest BCUT2D eigenvalue weighted by Crippen LogP contribution is -2.41. The third kappa shape index (κ3) is 6.94. The molecule has 0 fully saturated rings. The third-order valence-electron chi connectivity index (χ3n) is 3.27. The van der Waals surface area contributed by atoms with Crippen LogP contribution in [0, 0.1) is 11.3 Å². The SMILES string of the molecule is CCCCCC(C)(C)CNC(=O)C(CC)C(N)=S. The van der Waals surface area contributed by atoms with Gasteiger partial charge < -0.3 is 11.1 Å². The van der Waals surface area contributed by atoms with Crippen molar-refractivity contribution in [1.29, 1.82) is 0 Å². The molecule has 18 heavy (non-hydrogen) atoms. The van der Waals surface area contributed by atoms with Crippen LogP contribution in [0.25, 0.3) is 0 Å². The van der Waals surface area contributed by atoms with Gasteiger partial charge in [0.05, 0.1) is 10.9 Å². The zero-order chi connectivity index (χ0) is 14.2. The summed E-state index contributed by atoms with van der Waals surface area (Å²) in [6.45, 7) is 9.18. The normalized spacial score (nSPS) is 13.1. The summed E-state index contributed by atoms with van der Waals surface area (Å²) in [6, 6.07) is 0. The van der Waals surface area contributed by atoms with Gasteiger partial charge in [-0.3, -0.25) is 4.79 Å². The number of hydrogen-bond acceptors (Lipinski definition) is 2. The maximum absolute atomic E-state index is 11.9. The Morgan fingerprint density at radius 2 is 1.94 bits per heavy atom. The molecule has 0 radical (unpaired) electrons. The third-order valence-corrected chi connectivity index (χ3v) is 3.55. The molecule has 0 aliphatic carbocycles. The van der Waals surface area contributed by atoms with Gasteiger partial charge in [-0.25, -0.2) is 0 Å². The highest BCUT2D eigenvalue weighted by atomic mass is 32.1. The van der Waals surface area contributed by atoms with E-state index in [1.54, 1.807) is 0 Å². The summed E-state index contributed by atoms with van der Waals surface area (Å²) < 4.78 is 0. The van der Waals surface area contributed by atoms with Crippen LogP contribution in [0.1, 0.15) is 59.8 Å². The summed E-state index contributed by atoms with van der Waals surface area (Å²) in [6.07, 6.45) is 5.48. The number of thiocarbonyl (C=S) groups is 1. The molecular formula is C14H28N2OS. The quantitative estimate of drug-likeness (QED) is 0.501. The molecule has 0 rings (SSSR count). The van der Waals surface area contributed by atoms with Gasteiger partial charge in [-0.1, -0.05) is 59.2 Å². The van der Waals surface area contributed by atoms with Gasteiger partial charge in [0.1, 0.15) is 0 Å². The molecule has 1 atom stereocenters. The Balaban J connectivity index is 4.13. The molecule has 0 aromatic heterocycles. The molecule has 0 saturated carbocycles. The molecule has 0 heterocycles. The maximum atomic E-state index is 11.9. The van der Waals surface area contributed by atoms with Crippen molar-refractivity contribution in [3.63, 3.8) is 0 Å². The van der Waals surface area contributed by atoms with Crippen molar-refractivity contribution in [3.8, 4) is 0 Å². The van der Waals surface area contributed by atoms with E-state index in [0.29, 0.717) is 18.0 Å². The molecule has 1 unspecified atom stereocenters. The fourth-order valence-corrected chi connectivity index (χ4v) is 2.18. The Morgan fingerprint density at radius 1 is 1.33 bits per heavy atom. The minimum Gasteiger partial charge on any atom is -0.393 e. The molecular weight excluding hydrogens is 244 g/mol. The number of hydrogen-bond donors (Lipinski definition) is 2. The first-order chi connectivity index (χ1) is 8.34. The summed E-state index contributed by atoms with van der Waals surface area (Å²) >= 11 is 4.90. The van der Waals surface area contributed by atoms with Gasteiger partial charge in [0, 0.05) is 6.54 Å². The van der Waals surface area contributed by atoms with Crippen LogP contribution in [-0.4, -0.2) is 17.4 Å². The van der Waals surface area contributed by atoms with Crippen LogP contribution in [0.15, 0.2) is 0 Å². The van der Waals surface area contributed by atoms with Gasteiger partial charge in [-0.2, -0.15) is 0 Å². The van der Waals surface area contributed by atoms with Gasteiger partial charge in [0.15, 0.2) is 0 Å². The first-order valence-corrected chi connectivity index (χ1v) is 7.32. The highest BCUT2D eigenvalue weighted by Crippen LogP contribution is 2.22. The topological polar surface area (TPSA) is 55.1 Å². The van der Waals surface area contributed by atoms with Gasteiger partial charge in [-0.15, -0.1) is 0 Å². The van der Waals surface area contributed by atoms with E-state index in [2.05, 4.69) is 26.1 Å². The first kappa shape index (κ1) is 17.4. The number of nitrogens with two attached hydrogens (primary N) is 1. The molecule has 3 N–H and O–H groups in total. The molecule has 4 heteroatoms. The summed E-state index contributed by atoms with van der Waals surface area (Å²) in [5.41, 5.74) is 5.69. The number of rotatable bonds is 9. The van der Waals surface area contributed by atoms with Gasteiger partial charge in [0.2, 0.25) is 5.91 Å². The molecule has 0 bridgehead atoms. The fourth-order valence-electron chi connectivity index (χ4n) is 1.91. The Bertz CT molecular complexity index is 277. The summed E-state index contributed by atoms with van der Waals surface area (Å²) in [4.78, 5) is 12.2. The first-order valence-electron chi connectivity index (χ1n) is 6.91. The second-order valence-electron chi connectivity index (χ2n) is 5.70. The van der Waals surface area contributed by atoms with Crippen LogP contribution in [-0.2, 0) is 4.79 Å². The average Bonchev–Trinajstić information content (AvgIpc) is 2.27. The number of nitrogens with one attached hydrogen (secondary N) is 1. The second kappa shape index (κ2) is 8.46. The van der Waals surface area contributed by atoms with E-state index in [1.807, 2.05) is 6.92 Å². The number of carbonyl (C=O) groups is 1. The van der Waals surface area contributed by atoms with Crippen LogP contribution in [0.4, 0.5) is 0 Å². The van der Waals surface area contributed by atoms with Crippen molar-refractivity contribution in [3.05, 3.63) is 0 Å².